The number of halogens is 2. The smallest absolute Gasteiger partial charge is 0.194 e. The van der Waals surface area contributed by atoms with Gasteiger partial charge in [-0.2, -0.15) is 0 Å². The van der Waals surface area contributed by atoms with Crippen LogP contribution in [0.15, 0.2) is 23.2 Å². The molecule has 2 fully saturated rings. The molecule has 156 valence electrons. The van der Waals surface area contributed by atoms with Crippen molar-refractivity contribution < 1.29 is 14.2 Å². The molecule has 0 amide bonds. The van der Waals surface area contributed by atoms with Crippen LogP contribution < -0.4 is 5.32 Å². The number of rotatable bonds is 5. The fraction of sp³-hybridized carbons (Fsp3) is 0.650. The second-order valence-electron chi connectivity index (χ2n) is 7.41. The van der Waals surface area contributed by atoms with E-state index in [2.05, 4.69) is 15.1 Å². The van der Waals surface area contributed by atoms with Crippen molar-refractivity contribution in [3.63, 3.8) is 0 Å². The van der Waals surface area contributed by atoms with E-state index in [1.165, 1.54) is 6.07 Å². The van der Waals surface area contributed by atoms with Crippen LogP contribution in [0.3, 0.4) is 0 Å². The summed E-state index contributed by atoms with van der Waals surface area (Å²) in [7, 11) is 0. The molecule has 3 rings (SSSR count). The third-order valence-electron chi connectivity index (χ3n) is 5.26. The fourth-order valence-corrected chi connectivity index (χ4v) is 4.17. The number of nitrogens with zero attached hydrogens (tertiary/aromatic N) is 3. The molecule has 0 saturated carbocycles. The molecule has 28 heavy (non-hydrogen) atoms. The van der Waals surface area contributed by atoms with Gasteiger partial charge >= 0.3 is 0 Å². The summed E-state index contributed by atoms with van der Waals surface area (Å²) in [5.41, 5.74) is 0.485. The zero-order valence-electron chi connectivity index (χ0n) is 16.6. The highest BCUT2D eigenvalue weighted by molar-refractivity contribution is 6.31. The monoisotopic (exact) mass is 412 g/mol. The van der Waals surface area contributed by atoms with Gasteiger partial charge in [-0.05, 0) is 32.4 Å². The number of aliphatic hydroxyl groups excluding tert-OH is 1. The Kier molecular flexibility index (Phi) is 7.51. The van der Waals surface area contributed by atoms with E-state index in [4.69, 9.17) is 21.3 Å². The largest absolute Gasteiger partial charge is 0.391 e. The number of hydrogen-bond donors (Lipinski definition) is 2. The summed E-state index contributed by atoms with van der Waals surface area (Å²) in [6, 6.07) is 4.52. The molecule has 2 N–H and O–H groups in total. The van der Waals surface area contributed by atoms with E-state index in [-0.39, 0.29) is 24.1 Å². The molecule has 0 aromatic heterocycles. The zero-order valence-corrected chi connectivity index (χ0v) is 17.3. The Balaban J connectivity index is 1.87. The maximum absolute atomic E-state index is 14.7. The van der Waals surface area contributed by atoms with E-state index in [0.717, 1.165) is 25.5 Å². The highest BCUT2D eigenvalue weighted by Crippen LogP contribution is 2.31. The maximum Gasteiger partial charge on any atom is 0.194 e. The van der Waals surface area contributed by atoms with E-state index in [0.29, 0.717) is 43.4 Å². The lowest BCUT2D eigenvalue weighted by atomic mass is 10.0. The summed E-state index contributed by atoms with van der Waals surface area (Å²) in [5, 5.41) is 13.6. The van der Waals surface area contributed by atoms with Gasteiger partial charge in [0, 0.05) is 43.3 Å². The number of morpholine rings is 1. The van der Waals surface area contributed by atoms with Crippen LogP contribution >= 0.6 is 11.6 Å². The van der Waals surface area contributed by atoms with Crippen molar-refractivity contribution in [3.8, 4) is 0 Å². The van der Waals surface area contributed by atoms with E-state index >= 15 is 0 Å². The van der Waals surface area contributed by atoms with Crippen LogP contribution in [0.5, 0.6) is 0 Å². The number of ether oxygens (including phenoxy) is 1. The molecule has 6 nitrogen and oxygen atoms in total. The maximum atomic E-state index is 14.7. The van der Waals surface area contributed by atoms with Crippen molar-refractivity contribution in [2.24, 2.45) is 4.99 Å². The molecule has 2 heterocycles. The van der Waals surface area contributed by atoms with Crippen LogP contribution in [0.2, 0.25) is 5.02 Å². The van der Waals surface area contributed by atoms with Crippen molar-refractivity contribution >= 4 is 17.6 Å². The van der Waals surface area contributed by atoms with Crippen LogP contribution in [0.4, 0.5) is 4.39 Å². The summed E-state index contributed by atoms with van der Waals surface area (Å²) in [6.45, 7) is 8.46. The zero-order chi connectivity index (χ0) is 20.1. The quantitative estimate of drug-likeness (QED) is 0.574. The highest BCUT2D eigenvalue weighted by Gasteiger charge is 2.30. The van der Waals surface area contributed by atoms with Gasteiger partial charge in [-0.3, -0.25) is 9.89 Å². The molecule has 1 aromatic carbocycles. The molecule has 2 aliphatic rings. The topological polar surface area (TPSA) is 60.3 Å². The Bertz CT molecular complexity index is 670. The third kappa shape index (κ3) is 5.14. The average Bonchev–Trinajstić information content (AvgIpc) is 3.09. The van der Waals surface area contributed by atoms with E-state index in [1.54, 1.807) is 12.1 Å². The van der Waals surface area contributed by atoms with Crippen LogP contribution in [0.25, 0.3) is 0 Å². The molecule has 0 bridgehead atoms. The van der Waals surface area contributed by atoms with Crippen LogP contribution in [-0.2, 0) is 4.74 Å². The second-order valence-corrected chi connectivity index (χ2v) is 7.82. The SMILES string of the molecule is CCNC(=NCC(c1c(F)cccc1Cl)N1CCOC(C)C1)N1CC[C@@H](O)C1. The summed E-state index contributed by atoms with van der Waals surface area (Å²) in [4.78, 5) is 9.05. The van der Waals surface area contributed by atoms with E-state index in [9.17, 15) is 9.50 Å². The van der Waals surface area contributed by atoms with E-state index < -0.39 is 0 Å². The van der Waals surface area contributed by atoms with Crippen molar-refractivity contribution in [1.29, 1.82) is 0 Å². The number of β-amino-alcohol motifs (C(OH)–C–C–N with tert-alkyl or cyclic N) is 1. The minimum atomic E-state index is -0.333. The summed E-state index contributed by atoms with van der Waals surface area (Å²) >= 11 is 6.40. The van der Waals surface area contributed by atoms with Gasteiger partial charge in [-0.15, -0.1) is 0 Å². The molecule has 8 heteroatoms. The molecular weight excluding hydrogens is 383 g/mol. The first-order valence-corrected chi connectivity index (χ1v) is 10.4. The average molecular weight is 413 g/mol. The van der Waals surface area contributed by atoms with Crippen molar-refractivity contribution in [1.82, 2.24) is 15.1 Å². The Hall–Kier alpha value is -1.41. The number of likely N-dealkylation sites (tertiary alicyclic amines) is 1. The Morgan fingerprint density at radius 3 is 2.89 bits per heavy atom. The standard InChI is InChI=1S/C20H30ClFN4O2/c1-3-23-20(26-8-7-15(27)13-26)24-11-18(25-9-10-28-14(2)12-25)19-16(21)5-4-6-17(19)22/h4-6,14-15,18,27H,3,7-13H2,1-2H3,(H,23,24)/t14?,15-,18?/m1/s1. The molecule has 3 atom stereocenters. The minimum absolute atomic E-state index is 0.0766. The first-order valence-electron chi connectivity index (χ1n) is 10.0. The van der Waals surface area contributed by atoms with Gasteiger partial charge in [0.2, 0.25) is 0 Å². The summed E-state index contributed by atoms with van der Waals surface area (Å²) in [5.74, 6) is 0.436. The van der Waals surface area contributed by atoms with Crippen molar-refractivity contribution in [2.45, 2.75) is 38.5 Å². The molecule has 1 aromatic rings. The molecule has 2 unspecified atom stereocenters. The number of hydrogen-bond acceptors (Lipinski definition) is 4. The lowest BCUT2D eigenvalue weighted by Gasteiger charge is -2.37. The van der Waals surface area contributed by atoms with Gasteiger partial charge in [-0.1, -0.05) is 17.7 Å². The summed E-state index contributed by atoms with van der Waals surface area (Å²) in [6.07, 6.45) is 0.474. The first kappa shape index (κ1) is 21.3. The van der Waals surface area contributed by atoms with Gasteiger partial charge in [0.15, 0.2) is 5.96 Å². The lowest BCUT2D eigenvalue weighted by Crippen LogP contribution is -2.45. The number of benzene rings is 1. The lowest BCUT2D eigenvalue weighted by molar-refractivity contribution is -0.0337. The molecular formula is C20H30ClFN4O2. The molecule has 2 aliphatic heterocycles. The Morgan fingerprint density at radius 1 is 1.43 bits per heavy atom. The number of nitrogens with one attached hydrogen (secondary N) is 1. The van der Waals surface area contributed by atoms with Crippen LogP contribution in [0, 0.1) is 5.82 Å². The predicted octanol–water partition coefficient (Wildman–Crippen LogP) is 2.27. The van der Waals surface area contributed by atoms with Gasteiger partial charge in [0.25, 0.3) is 0 Å². The van der Waals surface area contributed by atoms with E-state index in [1.807, 2.05) is 13.8 Å². The summed E-state index contributed by atoms with van der Waals surface area (Å²) < 4.78 is 20.4. The number of aliphatic hydroxyl groups is 1. The van der Waals surface area contributed by atoms with Crippen LogP contribution in [-0.4, -0.2) is 78.9 Å². The molecule has 0 radical (unpaired) electrons. The third-order valence-corrected chi connectivity index (χ3v) is 5.59. The Labute approximate surface area is 171 Å². The van der Waals surface area contributed by atoms with Gasteiger partial charge in [0.1, 0.15) is 5.82 Å². The Morgan fingerprint density at radius 2 is 2.25 bits per heavy atom. The molecule has 0 aliphatic carbocycles. The van der Waals surface area contributed by atoms with Crippen molar-refractivity contribution in [3.05, 3.63) is 34.6 Å². The first-order chi connectivity index (χ1) is 13.5. The van der Waals surface area contributed by atoms with Crippen molar-refractivity contribution in [2.75, 3.05) is 45.9 Å². The van der Waals surface area contributed by atoms with Gasteiger partial charge in [0.05, 0.1) is 31.4 Å². The predicted molar refractivity (Wildman–Crippen MR) is 109 cm³/mol. The second kappa shape index (κ2) is 9.87. The number of guanidine groups is 1. The number of aliphatic imine (C=N–C) groups is 1. The molecule has 2 saturated heterocycles. The minimum Gasteiger partial charge on any atom is -0.391 e. The normalized spacial score (nSPS) is 25.2. The van der Waals surface area contributed by atoms with Gasteiger partial charge in [-0.25, -0.2) is 4.39 Å². The fourth-order valence-electron chi connectivity index (χ4n) is 3.88. The van der Waals surface area contributed by atoms with Gasteiger partial charge < -0.3 is 20.1 Å². The highest BCUT2D eigenvalue weighted by atomic mass is 35.5. The van der Waals surface area contributed by atoms with Crippen LogP contribution in [0.1, 0.15) is 31.9 Å². The molecule has 0 spiro atoms.